The number of carbonyl (C=O) groups excluding carboxylic acids is 2. The van der Waals surface area contributed by atoms with Crippen molar-refractivity contribution < 1.29 is 25.5 Å². The summed E-state index contributed by atoms with van der Waals surface area (Å²) in [5.74, 6) is -0.398. The van der Waals surface area contributed by atoms with Crippen molar-refractivity contribution in [3.8, 4) is 0 Å². The van der Waals surface area contributed by atoms with Crippen LogP contribution in [0.15, 0.2) is 0 Å². The molecule has 0 aliphatic carbocycles. The summed E-state index contributed by atoms with van der Waals surface area (Å²) in [5, 5.41) is 0. The second-order valence-corrected chi connectivity index (χ2v) is 2.01. The van der Waals surface area contributed by atoms with Crippen LogP contribution < -0.4 is 0 Å². The van der Waals surface area contributed by atoms with E-state index in [4.69, 9.17) is 0 Å². The molecule has 46 valence electrons. The van der Waals surface area contributed by atoms with Crippen LogP contribution in [0.2, 0.25) is 0 Å². The monoisotopic (exact) mass is 157 g/mol. The van der Waals surface area contributed by atoms with Gasteiger partial charge in [-0.2, -0.15) is 0 Å². The molecule has 2 amide bonds. The molecule has 0 aromatic carbocycles. The normalized spacial score (nSPS) is 20.5. The van der Waals surface area contributed by atoms with Crippen LogP contribution in [0.5, 0.6) is 0 Å². The van der Waals surface area contributed by atoms with E-state index in [0.717, 1.165) is 3.95 Å². The zero-order chi connectivity index (χ0) is 6.15. The van der Waals surface area contributed by atoms with E-state index < -0.39 is 0 Å². The van der Waals surface area contributed by atoms with Gasteiger partial charge in [-0.3, -0.25) is 0 Å². The Morgan fingerprint density at radius 2 is 1.62 bits per heavy atom. The van der Waals surface area contributed by atoms with E-state index in [-0.39, 0.29) is 11.8 Å². The number of hydrogen-bond acceptors (Lipinski definition) is 2. The molecule has 1 saturated heterocycles. The molecule has 0 radical (unpaired) electrons. The van der Waals surface area contributed by atoms with Crippen LogP contribution in [0.4, 0.5) is 0 Å². The van der Waals surface area contributed by atoms with Crippen LogP contribution >= 0.6 is 0 Å². The standard InChI is InChI=1S/C4H5NO2.Co/c6-3-1-2-4(7)5-3;/h1-2H2,(H,5,6,7);/q;+1/p-1. The van der Waals surface area contributed by atoms with Crippen molar-refractivity contribution in [2.45, 2.75) is 12.8 Å². The molecule has 0 spiro atoms. The van der Waals surface area contributed by atoms with Crippen molar-refractivity contribution in [3.63, 3.8) is 0 Å². The fourth-order valence-corrected chi connectivity index (χ4v) is 0.772. The Morgan fingerprint density at radius 1 is 1.25 bits per heavy atom. The first kappa shape index (κ1) is 5.78. The first-order valence-corrected chi connectivity index (χ1v) is 2.68. The fraction of sp³-hybridized carbons (Fsp3) is 0.500. The topological polar surface area (TPSA) is 37.4 Å². The van der Waals surface area contributed by atoms with Gasteiger partial charge in [-0.05, 0) is 0 Å². The molecule has 0 saturated carbocycles. The predicted octanol–water partition coefficient (Wildman–Crippen LogP) is -0.403. The molecule has 1 fully saturated rings. The third-order valence-electron chi connectivity index (χ3n) is 0.968. The molecule has 4 heteroatoms. The molecule has 0 N–H and O–H groups in total. The average Bonchev–Trinajstić information content (AvgIpc) is 1.98. The minimum atomic E-state index is -0.199. The molecule has 1 aliphatic rings. The van der Waals surface area contributed by atoms with E-state index in [1.165, 1.54) is 0 Å². The van der Waals surface area contributed by atoms with Crippen LogP contribution in [-0.2, 0) is 25.5 Å². The Morgan fingerprint density at radius 3 is 1.75 bits per heavy atom. The van der Waals surface area contributed by atoms with Crippen molar-refractivity contribution in [3.05, 3.63) is 0 Å². The van der Waals surface area contributed by atoms with Gasteiger partial charge in [0.15, 0.2) is 0 Å². The van der Waals surface area contributed by atoms with E-state index in [9.17, 15) is 9.59 Å². The van der Waals surface area contributed by atoms with E-state index in [2.05, 4.69) is 16.0 Å². The summed E-state index contributed by atoms with van der Waals surface area (Å²) < 4.78 is 0.854. The van der Waals surface area contributed by atoms with Crippen LogP contribution in [0.3, 0.4) is 0 Å². The van der Waals surface area contributed by atoms with Crippen molar-refractivity contribution in [2.75, 3.05) is 0 Å². The molecular weight excluding hydrogens is 153 g/mol. The van der Waals surface area contributed by atoms with Crippen molar-refractivity contribution in [1.82, 2.24) is 3.95 Å². The van der Waals surface area contributed by atoms with Gasteiger partial charge in [0.05, 0.1) is 0 Å². The van der Waals surface area contributed by atoms with Crippen molar-refractivity contribution >= 4 is 11.8 Å². The predicted molar refractivity (Wildman–Crippen MR) is 21.1 cm³/mol. The van der Waals surface area contributed by atoms with Gasteiger partial charge in [0.25, 0.3) is 0 Å². The Hall–Kier alpha value is -0.354. The number of imide groups is 1. The second kappa shape index (κ2) is 1.87. The van der Waals surface area contributed by atoms with Gasteiger partial charge in [0.1, 0.15) is 0 Å². The molecule has 0 atom stereocenters. The van der Waals surface area contributed by atoms with E-state index in [1.807, 2.05) is 0 Å². The van der Waals surface area contributed by atoms with Crippen LogP contribution in [0.1, 0.15) is 12.8 Å². The SMILES string of the molecule is O=C1CCC(=O)[N]1[Co]. The van der Waals surface area contributed by atoms with Gasteiger partial charge in [0, 0.05) is 0 Å². The van der Waals surface area contributed by atoms with Gasteiger partial charge in [0.2, 0.25) is 0 Å². The summed E-state index contributed by atoms with van der Waals surface area (Å²) in [6, 6.07) is 0. The quantitative estimate of drug-likeness (QED) is 0.448. The summed E-state index contributed by atoms with van der Waals surface area (Å²) in [7, 11) is 0. The molecule has 0 aromatic heterocycles. The molecule has 8 heavy (non-hydrogen) atoms. The zero-order valence-electron chi connectivity index (χ0n) is 4.01. The molecule has 0 aromatic rings. The zero-order valence-corrected chi connectivity index (χ0v) is 5.05. The van der Waals surface area contributed by atoms with E-state index in [1.54, 1.807) is 0 Å². The molecule has 0 unspecified atom stereocenters. The molecular formula is C4H4CoNO2. The van der Waals surface area contributed by atoms with Crippen molar-refractivity contribution in [1.29, 1.82) is 0 Å². The summed E-state index contributed by atoms with van der Waals surface area (Å²) >= 11 is 3.66. The van der Waals surface area contributed by atoms with E-state index in [0.29, 0.717) is 12.8 Å². The third kappa shape index (κ3) is 0.762. The number of amides is 2. The third-order valence-corrected chi connectivity index (χ3v) is 1.49. The number of carbonyl (C=O) groups is 2. The Bertz CT molecular complexity index is 129. The summed E-state index contributed by atoms with van der Waals surface area (Å²) in [4.78, 5) is 20.8. The van der Waals surface area contributed by atoms with Gasteiger partial charge >= 0.3 is 54.1 Å². The number of nitrogens with zero attached hydrogens (tertiary/aromatic N) is 1. The average molecular weight is 157 g/mol. The molecule has 3 nitrogen and oxygen atoms in total. The van der Waals surface area contributed by atoms with Gasteiger partial charge in [-0.1, -0.05) is 0 Å². The van der Waals surface area contributed by atoms with Gasteiger partial charge in [-0.15, -0.1) is 0 Å². The number of hydrogen-bond donors (Lipinski definition) is 0. The van der Waals surface area contributed by atoms with Crippen molar-refractivity contribution in [2.24, 2.45) is 0 Å². The first-order chi connectivity index (χ1) is 3.72. The van der Waals surface area contributed by atoms with Crippen LogP contribution in [0.25, 0.3) is 0 Å². The molecule has 1 rings (SSSR count). The van der Waals surface area contributed by atoms with Gasteiger partial charge in [-0.25, -0.2) is 0 Å². The second-order valence-electron chi connectivity index (χ2n) is 1.55. The number of rotatable bonds is 0. The molecule has 1 heterocycles. The Labute approximate surface area is 54.8 Å². The molecule has 1 aliphatic heterocycles. The minimum absolute atomic E-state index is 0.199. The summed E-state index contributed by atoms with van der Waals surface area (Å²) in [6.07, 6.45) is 0.640. The fourth-order valence-electron chi connectivity index (χ4n) is 0.539. The van der Waals surface area contributed by atoms with Gasteiger partial charge < -0.3 is 0 Å². The summed E-state index contributed by atoms with van der Waals surface area (Å²) in [6.45, 7) is 0. The van der Waals surface area contributed by atoms with Crippen LogP contribution in [0, 0.1) is 0 Å². The Balaban J connectivity index is 2.70. The van der Waals surface area contributed by atoms with E-state index >= 15 is 0 Å². The maximum absolute atomic E-state index is 10.4. The van der Waals surface area contributed by atoms with Crippen LogP contribution in [-0.4, -0.2) is 15.8 Å². The Kier molecular flexibility index (Phi) is 1.35. The summed E-state index contributed by atoms with van der Waals surface area (Å²) in [5.41, 5.74) is 0. The molecule has 0 bridgehead atoms. The maximum atomic E-state index is 10.4. The first-order valence-electron chi connectivity index (χ1n) is 2.21.